The molecule has 1 atom stereocenters. The Hall–Kier alpha value is -3.77. The van der Waals surface area contributed by atoms with Crippen molar-refractivity contribution in [1.29, 1.82) is 0 Å². The topological polar surface area (TPSA) is 86.8 Å². The van der Waals surface area contributed by atoms with Crippen molar-refractivity contribution >= 4 is 62.3 Å². The van der Waals surface area contributed by atoms with Gasteiger partial charge in [0, 0.05) is 29.1 Å². The lowest BCUT2D eigenvalue weighted by Gasteiger charge is -2.34. The highest BCUT2D eigenvalue weighted by molar-refractivity contribution is 7.92. The summed E-state index contributed by atoms with van der Waals surface area (Å²) in [6.45, 7) is 2.20. The number of nitrogens with zero attached hydrogens (tertiary/aromatic N) is 2. The van der Waals surface area contributed by atoms with Crippen LogP contribution in [0.25, 0.3) is 0 Å². The highest BCUT2D eigenvalue weighted by atomic mass is 35.5. The first-order valence-corrected chi connectivity index (χ1v) is 17.2. The van der Waals surface area contributed by atoms with Crippen molar-refractivity contribution in [2.24, 2.45) is 0 Å². The van der Waals surface area contributed by atoms with Crippen molar-refractivity contribution < 1.29 is 31.2 Å². The number of anilines is 1. The lowest BCUT2D eigenvalue weighted by atomic mass is 10.0. The molecule has 7 nitrogen and oxygen atoms in total. The zero-order valence-electron chi connectivity index (χ0n) is 25.7. The minimum atomic E-state index is -4.85. The molecule has 0 saturated carbocycles. The first-order valence-electron chi connectivity index (χ1n) is 14.6. The summed E-state index contributed by atoms with van der Waals surface area (Å²) < 4.78 is 70.2. The van der Waals surface area contributed by atoms with Crippen LogP contribution in [0, 0.1) is 0 Å². The minimum absolute atomic E-state index is 0.0199. The summed E-state index contributed by atoms with van der Waals surface area (Å²) in [5, 5.41) is 2.97. The van der Waals surface area contributed by atoms with E-state index in [0.717, 1.165) is 11.0 Å². The van der Waals surface area contributed by atoms with Gasteiger partial charge in [0.05, 0.1) is 21.2 Å². The first kappa shape index (κ1) is 37.1. The third kappa shape index (κ3) is 9.22. The molecule has 0 aliphatic heterocycles. The molecule has 1 N–H and O–H groups in total. The fraction of sp³-hybridized carbons (Fsp3) is 0.235. The van der Waals surface area contributed by atoms with Gasteiger partial charge < -0.3 is 10.2 Å². The SMILES string of the molecule is CC(C)NC(=O)C(Cc1ccccc1)N(Cc1ccc(Cl)cc1Cl)C(=O)CN(c1cc(C(F)(F)F)ccc1Cl)S(=O)(=O)c1ccccc1. The van der Waals surface area contributed by atoms with E-state index in [-0.39, 0.29) is 33.9 Å². The van der Waals surface area contributed by atoms with Crippen LogP contribution in [-0.2, 0) is 38.8 Å². The molecule has 0 aromatic heterocycles. The fourth-order valence-corrected chi connectivity index (χ4v) is 7.07. The van der Waals surface area contributed by atoms with Crippen LogP contribution in [-0.4, -0.2) is 43.8 Å². The molecule has 0 aliphatic carbocycles. The van der Waals surface area contributed by atoms with Gasteiger partial charge >= 0.3 is 6.18 Å². The van der Waals surface area contributed by atoms with Gasteiger partial charge in [0.1, 0.15) is 12.6 Å². The van der Waals surface area contributed by atoms with Gasteiger partial charge in [-0.1, -0.05) is 89.4 Å². The van der Waals surface area contributed by atoms with Crippen LogP contribution in [0.4, 0.5) is 18.9 Å². The summed E-state index contributed by atoms with van der Waals surface area (Å²) in [5.74, 6) is -1.45. The number of hydrogen-bond donors (Lipinski definition) is 1. The summed E-state index contributed by atoms with van der Waals surface area (Å²) in [7, 11) is -4.69. The van der Waals surface area contributed by atoms with E-state index in [1.807, 2.05) is 0 Å². The van der Waals surface area contributed by atoms with E-state index in [1.165, 1.54) is 30.3 Å². The molecule has 4 aromatic rings. The Balaban J connectivity index is 1.89. The maximum atomic E-state index is 14.5. The van der Waals surface area contributed by atoms with Crippen LogP contribution in [0.15, 0.2) is 102 Å². The predicted molar refractivity (Wildman–Crippen MR) is 182 cm³/mol. The zero-order chi connectivity index (χ0) is 35.2. The second-order valence-electron chi connectivity index (χ2n) is 11.1. The Kier molecular flexibility index (Phi) is 12.1. The Morgan fingerprint density at radius 1 is 0.833 bits per heavy atom. The van der Waals surface area contributed by atoms with E-state index in [2.05, 4.69) is 5.32 Å². The van der Waals surface area contributed by atoms with E-state index in [9.17, 15) is 31.2 Å². The summed E-state index contributed by atoms with van der Waals surface area (Å²) in [6, 6.07) is 21.0. The Labute approximate surface area is 292 Å². The second-order valence-corrected chi connectivity index (χ2v) is 14.2. The molecule has 48 heavy (non-hydrogen) atoms. The number of sulfonamides is 1. The Morgan fingerprint density at radius 2 is 1.46 bits per heavy atom. The van der Waals surface area contributed by atoms with E-state index < -0.39 is 51.9 Å². The number of halogens is 6. The molecule has 0 spiro atoms. The third-order valence-electron chi connectivity index (χ3n) is 7.21. The number of alkyl halides is 3. The number of hydrogen-bond acceptors (Lipinski definition) is 4. The highest BCUT2D eigenvalue weighted by Gasteiger charge is 2.37. The van der Waals surface area contributed by atoms with Crippen LogP contribution in [0.1, 0.15) is 30.5 Å². The normalized spacial score (nSPS) is 12.4. The van der Waals surface area contributed by atoms with Gasteiger partial charge in [0.2, 0.25) is 11.8 Å². The highest BCUT2D eigenvalue weighted by Crippen LogP contribution is 2.37. The van der Waals surface area contributed by atoms with E-state index >= 15 is 0 Å². The van der Waals surface area contributed by atoms with Crippen molar-refractivity contribution in [1.82, 2.24) is 10.2 Å². The van der Waals surface area contributed by atoms with Crippen LogP contribution in [0.5, 0.6) is 0 Å². The van der Waals surface area contributed by atoms with E-state index in [4.69, 9.17) is 34.8 Å². The lowest BCUT2D eigenvalue weighted by molar-refractivity contribution is -0.140. The van der Waals surface area contributed by atoms with Crippen molar-refractivity contribution in [3.05, 3.63) is 129 Å². The zero-order valence-corrected chi connectivity index (χ0v) is 28.8. The number of amides is 2. The number of carbonyl (C=O) groups is 2. The maximum Gasteiger partial charge on any atom is 0.416 e. The minimum Gasteiger partial charge on any atom is -0.352 e. The van der Waals surface area contributed by atoms with Crippen LogP contribution in [0.2, 0.25) is 15.1 Å². The molecular weight excluding hydrogens is 710 g/mol. The standard InChI is InChI=1S/C34H31Cl3F3N3O4S/c1-22(2)41-33(45)31(17-23-9-5-3-6-10-23)42(20-24-13-15-26(35)19-29(24)37)32(44)21-43(48(46,47)27-11-7-4-8-12-27)30-18-25(34(38,39)40)14-16-28(30)36/h3-16,18-19,22,31H,17,20-21H2,1-2H3,(H,41,45). The van der Waals surface area contributed by atoms with Crippen LogP contribution < -0.4 is 9.62 Å². The van der Waals surface area contributed by atoms with Gasteiger partial charge in [-0.2, -0.15) is 13.2 Å². The van der Waals surface area contributed by atoms with Gasteiger partial charge in [-0.25, -0.2) is 8.42 Å². The van der Waals surface area contributed by atoms with Crippen molar-refractivity contribution in [2.45, 2.75) is 50.0 Å². The van der Waals surface area contributed by atoms with Crippen molar-refractivity contribution in [3.63, 3.8) is 0 Å². The summed E-state index contributed by atoms with van der Waals surface area (Å²) in [4.78, 5) is 29.2. The molecule has 0 aliphatic rings. The molecule has 4 rings (SSSR count). The van der Waals surface area contributed by atoms with Gasteiger partial charge in [-0.05, 0) is 67.4 Å². The number of rotatable bonds is 12. The van der Waals surface area contributed by atoms with Gasteiger partial charge in [-0.15, -0.1) is 0 Å². The summed E-state index contributed by atoms with van der Waals surface area (Å²) >= 11 is 18.9. The number of nitrogens with one attached hydrogen (secondary N) is 1. The molecule has 0 bridgehead atoms. The Morgan fingerprint density at radius 3 is 2.04 bits per heavy atom. The number of benzene rings is 4. The second kappa shape index (κ2) is 15.6. The maximum absolute atomic E-state index is 14.5. The van der Waals surface area contributed by atoms with Crippen LogP contribution >= 0.6 is 34.8 Å². The molecule has 0 radical (unpaired) electrons. The molecule has 4 aromatic carbocycles. The third-order valence-corrected chi connectivity index (χ3v) is 9.89. The average Bonchev–Trinajstić information content (AvgIpc) is 3.02. The van der Waals surface area contributed by atoms with Crippen LogP contribution in [0.3, 0.4) is 0 Å². The summed E-state index contributed by atoms with van der Waals surface area (Å²) in [6.07, 6.45) is -4.83. The molecule has 14 heteroatoms. The molecular formula is C34H31Cl3F3N3O4S. The molecule has 0 fully saturated rings. The van der Waals surface area contributed by atoms with E-state index in [1.54, 1.807) is 62.4 Å². The van der Waals surface area contributed by atoms with Gasteiger partial charge in [0.25, 0.3) is 10.0 Å². The quantitative estimate of drug-likeness (QED) is 0.160. The monoisotopic (exact) mass is 739 g/mol. The first-order chi connectivity index (χ1) is 22.6. The number of carbonyl (C=O) groups excluding carboxylic acids is 2. The van der Waals surface area contributed by atoms with Gasteiger partial charge in [-0.3, -0.25) is 13.9 Å². The fourth-order valence-electron chi connectivity index (χ4n) is 4.88. The summed E-state index contributed by atoms with van der Waals surface area (Å²) in [5.41, 5.74) is -0.666. The molecule has 1 unspecified atom stereocenters. The molecule has 0 heterocycles. The molecule has 2 amide bonds. The Bertz CT molecular complexity index is 1860. The largest absolute Gasteiger partial charge is 0.416 e. The lowest BCUT2D eigenvalue weighted by Crippen LogP contribution is -2.54. The van der Waals surface area contributed by atoms with Crippen molar-refractivity contribution in [2.75, 3.05) is 10.8 Å². The van der Waals surface area contributed by atoms with E-state index in [0.29, 0.717) is 32.6 Å². The molecule has 0 saturated heterocycles. The van der Waals surface area contributed by atoms with Gasteiger partial charge in [0.15, 0.2) is 0 Å². The molecule has 254 valence electrons. The smallest absolute Gasteiger partial charge is 0.352 e. The average molecular weight is 741 g/mol. The predicted octanol–water partition coefficient (Wildman–Crippen LogP) is 8.03. The van der Waals surface area contributed by atoms with Crippen molar-refractivity contribution in [3.8, 4) is 0 Å².